The molecule has 1 N–H and O–H groups in total. The molecule has 0 aromatic carbocycles. The van der Waals surface area contributed by atoms with Gasteiger partial charge < -0.3 is 10.2 Å². The molecule has 3 atom stereocenters. The summed E-state index contributed by atoms with van der Waals surface area (Å²) < 4.78 is 42.3. The van der Waals surface area contributed by atoms with Crippen LogP contribution in [0.15, 0.2) is 30.5 Å². The third kappa shape index (κ3) is 4.02. The Hall–Kier alpha value is -2.58. The van der Waals surface area contributed by atoms with Crippen molar-refractivity contribution < 1.29 is 18.0 Å². The molecule has 6 nitrogen and oxygen atoms in total. The molecule has 30 heavy (non-hydrogen) atoms. The van der Waals surface area contributed by atoms with E-state index in [4.69, 9.17) is 0 Å². The van der Waals surface area contributed by atoms with Gasteiger partial charge in [-0.3, -0.25) is 9.78 Å². The van der Waals surface area contributed by atoms with Gasteiger partial charge in [0.2, 0.25) is 5.91 Å². The predicted molar refractivity (Wildman–Crippen MR) is 106 cm³/mol. The van der Waals surface area contributed by atoms with Crippen molar-refractivity contribution in [1.82, 2.24) is 19.7 Å². The summed E-state index contributed by atoms with van der Waals surface area (Å²) in [6.07, 6.45) is -1.13. The van der Waals surface area contributed by atoms with Crippen LogP contribution in [0.5, 0.6) is 0 Å². The fourth-order valence-electron chi connectivity index (χ4n) is 4.35. The van der Waals surface area contributed by atoms with E-state index in [2.05, 4.69) is 15.4 Å². The summed E-state index contributed by atoms with van der Waals surface area (Å²) in [4.78, 5) is 18.8. The number of fused-ring (bicyclic) bond motifs is 1. The first kappa shape index (κ1) is 20.7. The average molecular weight is 421 g/mol. The zero-order valence-corrected chi connectivity index (χ0v) is 17.1. The Bertz CT molecular complexity index is 896. The largest absolute Gasteiger partial charge is 0.410 e. The van der Waals surface area contributed by atoms with Gasteiger partial charge in [0.25, 0.3) is 0 Å². The Balaban J connectivity index is 1.59. The highest BCUT2D eigenvalue weighted by Crippen LogP contribution is 2.42. The fourth-order valence-corrected chi connectivity index (χ4v) is 4.35. The molecule has 2 aliphatic rings. The second-order valence-electron chi connectivity index (χ2n) is 8.43. The van der Waals surface area contributed by atoms with Crippen LogP contribution in [0.2, 0.25) is 0 Å². The van der Waals surface area contributed by atoms with Crippen molar-refractivity contribution in [2.45, 2.75) is 63.8 Å². The lowest BCUT2D eigenvalue weighted by atomic mass is 9.94. The predicted octanol–water partition coefficient (Wildman–Crippen LogP) is 4.13. The maximum atomic E-state index is 13.7. The van der Waals surface area contributed by atoms with Gasteiger partial charge in [-0.05, 0) is 37.3 Å². The van der Waals surface area contributed by atoms with Gasteiger partial charge in [0.05, 0.1) is 18.2 Å². The van der Waals surface area contributed by atoms with Gasteiger partial charge in [-0.1, -0.05) is 19.9 Å². The number of pyridine rings is 1. The first-order valence-electron chi connectivity index (χ1n) is 10.4. The second-order valence-corrected chi connectivity index (χ2v) is 8.43. The van der Waals surface area contributed by atoms with Crippen LogP contribution in [0.3, 0.4) is 0 Å². The lowest BCUT2D eigenvalue weighted by Crippen LogP contribution is -2.41. The van der Waals surface area contributed by atoms with Crippen LogP contribution in [0.4, 0.5) is 19.0 Å². The third-order valence-electron chi connectivity index (χ3n) is 6.02. The topological polar surface area (TPSA) is 63.1 Å². The minimum Gasteiger partial charge on any atom is -0.367 e. The van der Waals surface area contributed by atoms with Crippen molar-refractivity contribution in [2.24, 2.45) is 5.92 Å². The molecule has 2 aromatic rings. The number of hydrogen-bond acceptors (Lipinski definition) is 4. The molecule has 1 unspecified atom stereocenters. The Labute approximate surface area is 173 Å². The fraction of sp³-hybridized carbons (Fsp3) is 0.571. The molecule has 0 spiro atoms. The van der Waals surface area contributed by atoms with Crippen molar-refractivity contribution in [1.29, 1.82) is 0 Å². The normalized spacial score (nSPS) is 24.1. The maximum absolute atomic E-state index is 13.7. The number of hydrogen-bond donors (Lipinski definition) is 1. The van der Waals surface area contributed by atoms with Gasteiger partial charge in [-0.15, -0.1) is 0 Å². The number of alkyl halides is 3. The van der Waals surface area contributed by atoms with E-state index < -0.39 is 12.2 Å². The highest BCUT2D eigenvalue weighted by molar-refractivity contribution is 5.79. The number of likely N-dealkylation sites (tertiary alicyclic amines) is 1. The zero-order valence-electron chi connectivity index (χ0n) is 17.1. The van der Waals surface area contributed by atoms with Gasteiger partial charge in [-0.25, -0.2) is 4.68 Å². The first-order valence-corrected chi connectivity index (χ1v) is 10.4. The number of nitrogens with one attached hydrogen (secondary N) is 1. The van der Waals surface area contributed by atoms with E-state index in [1.807, 2.05) is 19.9 Å². The van der Waals surface area contributed by atoms with Crippen molar-refractivity contribution in [3.63, 3.8) is 0 Å². The smallest absolute Gasteiger partial charge is 0.367 e. The number of nitrogens with zero attached hydrogens (tertiary/aromatic N) is 4. The molecule has 0 saturated carbocycles. The maximum Gasteiger partial charge on any atom is 0.410 e. The van der Waals surface area contributed by atoms with E-state index >= 15 is 0 Å². The molecule has 1 saturated heterocycles. The third-order valence-corrected chi connectivity index (χ3v) is 6.02. The molecule has 0 aliphatic carbocycles. The molecule has 1 amide bonds. The van der Waals surface area contributed by atoms with E-state index in [0.717, 1.165) is 11.1 Å². The van der Waals surface area contributed by atoms with Crippen molar-refractivity contribution in [2.75, 3.05) is 11.9 Å². The number of carbonyl (C=O) groups is 1. The molecular weight excluding hydrogens is 395 g/mol. The quantitative estimate of drug-likeness (QED) is 0.807. The molecule has 0 radical (unpaired) electrons. The summed E-state index contributed by atoms with van der Waals surface area (Å²) in [5.41, 5.74) is 1.19. The molecule has 162 valence electrons. The van der Waals surface area contributed by atoms with Crippen LogP contribution < -0.4 is 5.32 Å². The minimum absolute atomic E-state index is 0.0533. The van der Waals surface area contributed by atoms with Gasteiger partial charge >= 0.3 is 6.18 Å². The van der Waals surface area contributed by atoms with Crippen LogP contribution in [0.1, 0.15) is 56.6 Å². The number of rotatable bonds is 4. The van der Waals surface area contributed by atoms with Gasteiger partial charge in [0.1, 0.15) is 5.82 Å². The highest BCUT2D eigenvalue weighted by Gasteiger charge is 2.47. The van der Waals surface area contributed by atoms with Gasteiger partial charge in [-0.2, -0.15) is 18.3 Å². The molecule has 1 fully saturated rings. The molecular formula is C21H26F3N5O. The molecule has 0 bridgehead atoms. The number of anilines is 1. The van der Waals surface area contributed by atoms with Gasteiger partial charge in [0.15, 0.2) is 6.04 Å². The first-order chi connectivity index (χ1) is 14.2. The minimum atomic E-state index is -4.38. The molecule has 4 rings (SSSR count). The summed E-state index contributed by atoms with van der Waals surface area (Å²) in [6, 6.07) is 4.85. The number of carbonyl (C=O) groups excluding carboxylic acids is 1. The van der Waals surface area contributed by atoms with E-state index in [9.17, 15) is 18.0 Å². The lowest BCUT2D eigenvalue weighted by molar-refractivity contribution is -0.174. The summed E-state index contributed by atoms with van der Waals surface area (Å²) in [7, 11) is 0. The van der Waals surface area contributed by atoms with E-state index in [1.54, 1.807) is 29.3 Å². The highest BCUT2D eigenvalue weighted by atomic mass is 19.4. The SMILES string of the molecule is CC(C)[C@@H]1C[C@H](C(F)(F)F)n2nc(C3CCCN3C(=O)Cc3ccccn3)cc2N1. The second kappa shape index (κ2) is 7.92. The number of aromatic nitrogens is 3. The van der Waals surface area contributed by atoms with Crippen molar-refractivity contribution in [3.8, 4) is 0 Å². The van der Waals surface area contributed by atoms with Crippen molar-refractivity contribution >= 4 is 11.7 Å². The molecule has 2 aliphatic heterocycles. The Morgan fingerprint density at radius 1 is 1.33 bits per heavy atom. The average Bonchev–Trinajstić information content (AvgIpc) is 3.33. The summed E-state index contributed by atoms with van der Waals surface area (Å²) in [5, 5.41) is 7.55. The number of amides is 1. The Kier molecular flexibility index (Phi) is 5.46. The Morgan fingerprint density at radius 3 is 2.80 bits per heavy atom. The van der Waals surface area contributed by atoms with Crippen LogP contribution >= 0.6 is 0 Å². The van der Waals surface area contributed by atoms with Gasteiger partial charge in [0, 0.05) is 30.5 Å². The van der Waals surface area contributed by atoms with Crippen LogP contribution in [-0.4, -0.2) is 44.3 Å². The van der Waals surface area contributed by atoms with Crippen LogP contribution in [0.25, 0.3) is 0 Å². The Morgan fingerprint density at radius 2 is 2.13 bits per heavy atom. The van der Waals surface area contributed by atoms with E-state index in [0.29, 0.717) is 30.2 Å². The lowest BCUT2D eigenvalue weighted by Gasteiger charge is -2.35. The van der Waals surface area contributed by atoms with Crippen LogP contribution in [0, 0.1) is 5.92 Å². The summed E-state index contributed by atoms with van der Waals surface area (Å²) in [6.45, 7) is 4.39. The summed E-state index contributed by atoms with van der Waals surface area (Å²) in [5.74, 6) is 0.355. The summed E-state index contributed by atoms with van der Waals surface area (Å²) >= 11 is 0. The van der Waals surface area contributed by atoms with E-state index in [1.165, 1.54) is 0 Å². The number of halogens is 3. The monoisotopic (exact) mass is 421 g/mol. The van der Waals surface area contributed by atoms with Crippen LogP contribution in [-0.2, 0) is 11.2 Å². The van der Waals surface area contributed by atoms with Crippen molar-refractivity contribution in [3.05, 3.63) is 41.9 Å². The molecule has 4 heterocycles. The molecule has 9 heteroatoms. The standard InChI is InChI=1S/C21H26F3N5O/c1-13(2)15-11-18(21(22,23)24)29-19(26-15)12-16(27-29)17-7-5-9-28(17)20(30)10-14-6-3-4-8-25-14/h3-4,6,8,12-13,15,17-18,26H,5,7,9-11H2,1-2H3/t15-,17?,18+/m0/s1. The van der Waals surface area contributed by atoms with E-state index in [-0.39, 0.29) is 36.8 Å². The zero-order chi connectivity index (χ0) is 21.5. The molecule has 2 aromatic heterocycles.